The molecule has 0 aliphatic carbocycles. The fourth-order valence-corrected chi connectivity index (χ4v) is 3.53. The fourth-order valence-electron chi connectivity index (χ4n) is 3.31. The number of hydrogen-bond acceptors (Lipinski definition) is 6. The van der Waals surface area contributed by atoms with E-state index >= 15 is 0 Å². The molecule has 0 radical (unpaired) electrons. The topological polar surface area (TPSA) is 55.8 Å². The molecule has 0 saturated carbocycles. The Morgan fingerprint density at radius 2 is 1.97 bits per heavy atom. The maximum absolute atomic E-state index is 6.28. The minimum absolute atomic E-state index is 0.587. The number of ether oxygens (including phenoxy) is 3. The van der Waals surface area contributed by atoms with Crippen molar-refractivity contribution in [1.82, 2.24) is 9.88 Å². The largest absolute Gasteiger partial charge is 0.493 e. The SMILES string of the molecule is COc1ccc(Nc2ccc3cccc(Cl)c3n2)cc1OCCN1CCOCC1. The van der Waals surface area contributed by atoms with E-state index in [4.69, 9.17) is 25.8 Å². The fraction of sp³-hybridized carbons (Fsp3) is 0.318. The Bertz CT molecular complexity index is 977. The van der Waals surface area contributed by atoms with Crippen molar-refractivity contribution in [3.8, 4) is 11.5 Å². The third kappa shape index (κ3) is 4.90. The maximum Gasteiger partial charge on any atom is 0.163 e. The number of pyridine rings is 1. The molecule has 0 amide bonds. The first-order valence-corrected chi connectivity index (χ1v) is 10.0. The van der Waals surface area contributed by atoms with Crippen molar-refractivity contribution < 1.29 is 14.2 Å². The van der Waals surface area contributed by atoms with E-state index < -0.39 is 0 Å². The highest BCUT2D eigenvalue weighted by Gasteiger charge is 2.12. The molecule has 1 saturated heterocycles. The number of halogens is 1. The second-order valence-corrected chi connectivity index (χ2v) is 7.21. The lowest BCUT2D eigenvalue weighted by Crippen LogP contribution is -2.38. The zero-order valence-corrected chi connectivity index (χ0v) is 17.1. The smallest absolute Gasteiger partial charge is 0.163 e. The van der Waals surface area contributed by atoms with Crippen LogP contribution >= 0.6 is 11.6 Å². The quantitative estimate of drug-likeness (QED) is 0.621. The van der Waals surface area contributed by atoms with Gasteiger partial charge in [-0.05, 0) is 30.3 Å². The minimum atomic E-state index is 0.587. The Morgan fingerprint density at radius 3 is 2.79 bits per heavy atom. The van der Waals surface area contributed by atoms with Crippen LogP contribution in [0.5, 0.6) is 11.5 Å². The minimum Gasteiger partial charge on any atom is -0.493 e. The molecule has 3 aromatic rings. The predicted octanol–water partition coefficient (Wildman–Crippen LogP) is 4.35. The molecular formula is C22H24ClN3O3. The third-order valence-corrected chi connectivity index (χ3v) is 5.18. The van der Waals surface area contributed by atoms with E-state index in [2.05, 4.69) is 15.2 Å². The summed E-state index contributed by atoms with van der Waals surface area (Å²) in [6, 6.07) is 15.4. The number of methoxy groups -OCH3 is 1. The lowest BCUT2D eigenvalue weighted by molar-refractivity contribution is 0.0321. The van der Waals surface area contributed by atoms with Crippen molar-refractivity contribution in [3.05, 3.63) is 53.6 Å². The van der Waals surface area contributed by atoms with Crippen LogP contribution in [0.25, 0.3) is 10.9 Å². The van der Waals surface area contributed by atoms with Crippen LogP contribution in [-0.4, -0.2) is 56.4 Å². The average Bonchev–Trinajstić information content (AvgIpc) is 2.75. The summed E-state index contributed by atoms with van der Waals surface area (Å²) < 4.78 is 16.8. The van der Waals surface area contributed by atoms with Gasteiger partial charge in [0.05, 0.1) is 30.9 Å². The van der Waals surface area contributed by atoms with Crippen LogP contribution in [0.4, 0.5) is 11.5 Å². The molecule has 4 rings (SSSR count). The van der Waals surface area contributed by atoms with Gasteiger partial charge in [-0.15, -0.1) is 0 Å². The summed E-state index contributed by atoms with van der Waals surface area (Å²) in [6.07, 6.45) is 0. The summed E-state index contributed by atoms with van der Waals surface area (Å²) in [6.45, 7) is 4.89. The molecule has 0 unspecified atom stereocenters. The van der Waals surface area contributed by atoms with Gasteiger partial charge in [0.25, 0.3) is 0 Å². The molecule has 1 N–H and O–H groups in total. The lowest BCUT2D eigenvalue weighted by atomic mass is 10.2. The number of nitrogens with zero attached hydrogens (tertiary/aromatic N) is 2. The number of rotatable bonds is 7. The molecule has 1 aromatic heterocycles. The summed E-state index contributed by atoms with van der Waals surface area (Å²) in [5.41, 5.74) is 1.64. The highest BCUT2D eigenvalue weighted by molar-refractivity contribution is 6.35. The van der Waals surface area contributed by atoms with Crippen LogP contribution in [0.1, 0.15) is 0 Å². The number of hydrogen-bond donors (Lipinski definition) is 1. The molecule has 1 aliphatic rings. The van der Waals surface area contributed by atoms with Gasteiger partial charge in [0.1, 0.15) is 12.4 Å². The number of morpholine rings is 1. The lowest BCUT2D eigenvalue weighted by Gasteiger charge is -2.26. The Labute approximate surface area is 175 Å². The molecule has 1 aliphatic heterocycles. The van der Waals surface area contributed by atoms with Crippen molar-refractivity contribution >= 4 is 34.0 Å². The van der Waals surface area contributed by atoms with E-state index in [9.17, 15) is 0 Å². The maximum atomic E-state index is 6.28. The van der Waals surface area contributed by atoms with Gasteiger partial charge >= 0.3 is 0 Å². The number of aromatic nitrogens is 1. The molecule has 1 fully saturated rings. The van der Waals surface area contributed by atoms with Crippen LogP contribution in [0.2, 0.25) is 5.02 Å². The van der Waals surface area contributed by atoms with Crippen molar-refractivity contribution in [1.29, 1.82) is 0 Å². The summed E-state index contributed by atoms with van der Waals surface area (Å²) in [7, 11) is 1.64. The van der Waals surface area contributed by atoms with Gasteiger partial charge in [-0.2, -0.15) is 0 Å². The van der Waals surface area contributed by atoms with E-state index in [0.29, 0.717) is 23.1 Å². The van der Waals surface area contributed by atoms with Crippen LogP contribution < -0.4 is 14.8 Å². The summed E-state index contributed by atoms with van der Waals surface area (Å²) in [4.78, 5) is 6.97. The van der Waals surface area contributed by atoms with E-state index in [1.807, 2.05) is 48.5 Å². The molecule has 2 aromatic carbocycles. The summed E-state index contributed by atoms with van der Waals surface area (Å²) >= 11 is 6.28. The van der Waals surface area contributed by atoms with Crippen molar-refractivity contribution in [2.45, 2.75) is 0 Å². The van der Waals surface area contributed by atoms with Crippen molar-refractivity contribution in [2.24, 2.45) is 0 Å². The number of nitrogens with one attached hydrogen (secondary N) is 1. The predicted molar refractivity (Wildman–Crippen MR) is 116 cm³/mol. The molecule has 7 heteroatoms. The average molecular weight is 414 g/mol. The van der Waals surface area contributed by atoms with Gasteiger partial charge in [-0.25, -0.2) is 4.98 Å². The molecule has 2 heterocycles. The highest BCUT2D eigenvalue weighted by atomic mass is 35.5. The number of anilines is 2. The van der Waals surface area contributed by atoms with Crippen molar-refractivity contribution in [3.63, 3.8) is 0 Å². The van der Waals surface area contributed by atoms with Crippen LogP contribution in [0.3, 0.4) is 0 Å². The van der Waals surface area contributed by atoms with E-state index in [1.54, 1.807) is 7.11 Å². The normalized spacial score (nSPS) is 14.7. The van der Waals surface area contributed by atoms with Gasteiger partial charge in [0.2, 0.25) is 0 Å². The Morgan fingerprint density at radius 1 is 1.10 bits per heavy atom. The zero-order valence-electron chi connectivity index (χ0n) is 16.4. The summed E-state index contributed by atoms with van der Waals surface area (Å²) in [5.74, 6) is 2.12. The van der Waals surface area contributed by atoms with E-state index in [1.165, 1.54) is 0 Å². The Hall–Kier alpha value is -2.54. The first-order valence-electron chi connectivity index (χ1n) is 9.66. The van der Waals surface area contributed by atoms with E-state index in [0.717, 1.165) is 55.3 Å². The first kappa shape index (κ1) is 19.8. The molecule has 0 atom stereocenters. The monoisotopic (exact) mass is 413 g/mol. The zero-order chi connectivity index (χ0) is 20.1. The van der Waals surface area contributed by atoms with Crippen LogP contribution in [0, 0.1) is 0 Å². The second kappa shape index (κ2) is 9.31. The van der Waals surface area contributed by atoms with Crippen LogP contribution in [0.15, 0.2) is 48.5 Å². The van der Waals surface area contributed by atoms with Gasteiger partial charge in [-0.1, -0.05) is 23.7 Å². The molecule has 0 spiro atoms. The molecule has 152 valence electrons. The van der Waals surface area contributed by atoms with E-state index in [-0.39, 0.29) is 0 Å². The Kier molecular flexibility index (Phi) is 6.34. The third-order valence-electron chi connectivity index (χ3n) is 4.88. The second-order valence-electron chi connectivity index (χ2n) is 6.80. The molecule has 0 bridgehead atoms. The van der Waals surface area contributed by atoms with Gasteiger partial charge in [0, 0.05) is 36.8 Å². The number of fused-ring (bicyclic) bond motifs is 1. The standard InChI is InChI=1S/C22H24ClN3O3/c1-27-19-7-6-17(15-20(19)29-14-11-26-9-12-28-13-10-26)24-21-8-5-16-3-2-4-18(23)22(16)25-21/h2-8,15H,9-14H2,1H3,(H,24,25). The molecule has 6 nitrogen and oxygen atoms in total. The summed E-state index contributed by atoms with van der Waals surface area (Å²) in [5, 5.41) is 4.96. The van der Waals surface area contributed by atoms with Gasteiger partial charge in [0.15, 0.2) is 11.5 Å². The Balaban J connectivity index is 1.46. The van der Waals surface area contributed by atoms with Gasteiger partial charge in [-0.3, -0.25) is 4.90 Å². The highest BCUT2D eigenvalue weighted by Crippen LogP contribution is 2.32. The first-order chi connectivity index (χ1) is 14.2. The number of benzene rings is 2. The van der Waals surface area contributed by atoms with Crippen LogP contribution in [-0.2, 0) is 4.74 Å². The number of para-hydroxylation sites is 1. The van der Waals surface area contributed by atoms with Crippen molar-refractivity contribution in [2.75, 3.05) is 51.9 Å². The molecule has 29 heavy (non-hydrogen) atoms. The molecular weight excluding hydrogens is 390 g/mol. The van der Waals surface area contributed by atoms with Gasteiger partial charge < -0.3 is 19.5 Å².